The minimum Gasteiger partial charge on any atom is -0.324 e. The van der Waals surface area contributed by atoms with E-state index in [9.17, 15) is 9.59 Å². The quantitative estimate of drug-likeness (QED) is 0.942. The molecule has 0 spiro atoms. The highest BCUT2D eigenvalue weighted by atomic mass is 16.2. The molecule has 1 saturated carbocycles. The molecule has 1 aromatic heterocycles. The van der Waals surface area contributed by atoms with Crippen molar-refractivity contribution in [1.29, 1.82) is 0 Å². The maximum absolute atomic E-state index is 12.2. The second-order valence-corrected chi connectivity index (χ2v) is 5.89. The number of aryl methyl sites for hydroxylation is 2. The average molecular weight is 297 g/mol. The van der Waals surface area contributed by atoms with Gasteiger partial charge in [-0.2, -0.15) is 5.10 Å². The van der Waals surface area contributed by atoms with Crippen LogP contribution in [-0.2, 0) is 11.3 Å². The van der Waals surface area contributed by atoms with Gasteiger partial charge in [0.05, 0.1) is 5.69 Å². The lowest BCUT2D eigenvalue weighted by Crippen LogP contribution is -2.29. The number of aromatic nitrogens is 2. The molecule has 0 unspecified atom stereocenters. The van der Waals surface area contributed by atoms with Gasteiger partial charge in [0.25, 0.3) is 5.56 Å². The van der Waals surface area contributed by atoms with Crippen molar-refractivity contribution in [3.8, 4) is 0 Å². The van der Waals surface area contributed by atoms with Crippen molar-refractivity contribution >= 4 is 11.6 Å². The standard InChI is InChI=1S/C17H19N3O2/c1-11-3-4-12(2)15(9-11)18-16(21)10-20-17(22)8-7-14(19-20)13-5-6-13/h3-4,7-9,13H,5-6,10H2,1-2H3,(H,18,21). The summed E-state index contributed by atoms with van der Waals surface area (Å²) >= 11 is 0. The van der Waals surface area contributed by atoms with E-state index in [0.29, 0.717) is 5.92 Å². The summed E-state index contributed by atoms with van der Waals surface area (Å²) in [4.78, 5) is 24.0. The minimum atomic E-state index is -0.250. The largest absolute Gasteiger partial charge is 0.324 e. The van der Waals surface area contributed by atoms with Gasteiger partial charge in [0, 0.05) is 17.7 Å². The smallest absolute Gasteiger partial charge is 0.267 e. The molecule has 114 valence electrons. The van der Waals surface area contributed by atoms with Crippen molar-refractivity contribution in [2.24, 2.45) is 0 Å². The Bertz CT molecular complexity index is 776. The molecule has 0 atom stereocenters. The fourth-order valence-corrected chi connectivity index (χ4v) is 2.37. The van der Waals surface area contributed by atoms with E-state index >= 15 is 0 Å². The van der Waals surface area contributed by atoms with E-state index in [1.54, 1.807) is 6.07 Å². The molecule has 5 heteroatoms. The van der Waals surface area contributed by atoms with Crippen LogP contribution in [0.15, 0.2) is 35.1 Å². The third kappa shape index (κ3) is 3.24. The van der Waals surface area contributed by atoms with E-state index in [1.165, 1.54) is 10.7 Å². The van der Waals surface area contributed by atoms with Crippen LogP contribution in [0.4, 0.5) is 5.69 Å². The van der Waals surface area contributed by atoms with Gasteiger partial charge in [0.1, 0.15) is 6.54 Å². The molecule has 1 heterocycles. The summed E-state index contributed by atoms with van der Waals surface area (Å²) in [5, 5.41) is 7.15. The molecule has 1 aliphatic rings. The van der Waals surface area contributed by atoms with Crippen LogP contribution >= 0.6 is 0 Å². The summed E-state index contributed by atoms with van der Waals surface area (Å²) in [6.07, 6.45) is 2.22. The topological polar surface area (TPSA) is 64.0 Å². The van der Waals surface area contributed by atoms with Crippen molar-refractivity contribution in [2.75, 3.05) is 5.32 Å². The van der Waals surface area contributed by atoms with Gasteiger partial charge >= 0.3 is 0 Å². The molecule has 0 saturated heterocycles. The zero-order chi connectivity index (χ0) is 15.7. The number of benzene rings is 1. The number of carbonyl (C=O) groups excluding carboxylic acids is 1. The van der Waals surface area contributed by atoms with Crippen molar-refractivity contribution in [3.63, 3.8) is 0 Å². The van der Waals surface area contributed by atoms with Crippen LogP contribution in [0, 0.1) is 13.8 Å². The highest BCUT2D eigenvalue weighted by molar-refractivity contribution is 5.91. The van der Waals surface area contributed by atoms with E-state index < -0.39 is 0 Å². The molecule has 1 aliphatic carbocycles. The van der Waals surface area contributed by atoms with E-state index in [1.807, 2.05) is 32.0 Å². The van der Waals surface area contributed by atoms with E-state index in [-0.39, 0.29) is 18.0 Å². The Labute approximate surface area is 129 Å². The summed E-state index contributed by atoms with van der Waals surface area (Å²) in [5.74, 6) is 0.213. The number of amides is 1. The summed E-state index contributed by atoms with van der Waals surface area (Å²) in [5.41, 5.74) is 3.49. The van der Waals surface area contributed by atoms with Crippen LogP contribution < -0.4 is 10.9 Å². The van der Waals surface area contributed by atoms with Crippen LogP contribution in [0.1, 0.15) is 35.6 Å². The summed E-state index contributed by atoms with van der Waals surface area (Å²) < 4.78 is 1.24. The van der Waals surface area contributed by atoms with Gasteiger partial charge in [-0.15, -0.1) is 0 Å². The molecular weight excluding hydrogens is 278 g/mol. The van der Waals surface area contributed by atoms with Gasteiger partial charge in [0.15, 0.2) is 0 Å². The van der Waals surface area contributed by atoms with Crippen molar-refractivity contribution in [3.05, 3.63) is 57.5 Å². The lowest BCUT2D eigenvalue weighted by Gasteiger charge is -2.10. The molecule has 0 aliphatic heterocycles. The number of carbonyl (C=O) groups is 1. The first-order valence-electron chi connectivity index (χ1n) is 7.48. The average Bonchev–Trinajstić information content (AvgIpc) is 3.30. The number of anilines is 1. The second kappa shape index (κ2) is 5.75. The molecule has 1 fully saturated rings. The predicted octanol–water partition coefficient (Wildman–Crippen LogP) is 2.38. The van der Waals surface area contributed by atoms with Gasteiger partial charge < -0.3 is 5.32 Å². The Morgan fingerprint density at radius 1 is 1.27 bits per heavy atom. The van der Waals surface area contributed by atoms with Gasteiger partial charge in [-0.1, -0.05) is 12.1 Å². The first-order valence-corrected chi connectivity index (χ1v) is 7.48. The molecule has 5 nitrogen and oxygen atoms in total. The van der Waals surface area contributed by atoms with Crippen molar-refractivity contribution in [2.45, 2.75) is 39.2 Å². The minimum absolute atomic E-state index is 0.0627. The Kier molecular flexibility index (Phi) is 3.79. The van der Waals surface area contributed by atoms with Gasteiger partial charge in [-0.05, 0) is 49.9 Å². The molecule has 1 aromatic carbocycles. The number of hydrogen-bond acceptors (Lipinski definition) is 3. The Morgan fingerprint density at radius 3 is 2.77 bits per heavy atom. The zero-order valence-electron chi connectivity index (χ0n) is 12.8. The Balaban J connectivity index is 1.75. The zero-order valence-corrected chi connectivity index (χ0v) is 12.8. The fourth-order valence-electron chi connectivity index (χ4n) is 2.37. The molecule has 3 rings (SSSR count). The number of nitrogens with one attached hydrogen (secondary N) is 1. The van der Waals surface area contributed by atoms with Crippen LogP contribution in [0.25, 0.3) is 0 Å². The van der Waals surface area contributed by atoms with E-state index in [4.69, 9.17) is 0 Å². The van der Waals surface area contributed by atoms with E-state index in [0.717, 1.165) is 35.3 Å². The number of hydrogen-bond donors (Lipinski definition) is 1. The molecule has 0 bridgehead atoms. The SMILES string of the molecule is Cc1ccc(C)c(NC(=O)Cn2nc(C3CC3)ccc2=O)c1. The molecule has 0 radical (unpaired) electrons. The molecule has 1 amide bonds. The molecule has 22 heavy (non-hydrogen) atoms. The Morgan fingerprint density at radius 2 is 2.05 bits per heavy atom. The predicted molar refractivity (Wildman–Crippen MR) is 85.0 cm³/mol. The third-order valence-electron chi connectivity index (χ3n) is 3.84. The lowest BCUT2D eigenvalue weighted by molar-refractivity contribution is -0.117. The molecular formula is C17H19N3O2. The second-order valence-electron chi connectivity index (χ2n) is 5.89. The van der Waals surface area contributed by atoms with Crippen LogP contribution in [-0.4, -0.2) is 15.7 Å². The first kappa shape index (κ1) is 14.5. The summed E-state index contributed by atoms with van der Waals surface area (Å²) in [6.45, 7) is 3.85. The van der Waals surface area contributed by atoms with E-state index in [2.05, 4.69) is 10.4 Å². The Hall–Kier alpha value is -2.43. The first-order chi connectivity index (χ1) is 10.5. The fraction of sp³-hybridized carbons (Fsp3) is 0.353. The third-order valence-corrected chi connectivity index (χ3v) is 3.84. The highest BCUT2D eigenvalue weighted by Crippen LogP contribution is 2.38. The number of rotatable bonds is 4. The van der Waals surface area contributed by atoms with Crippen molar-refractivity contribution < 1.29 is 4.79 Å². The van der Waals surface area contributed by atoms with Crippen LogP contribution in [0.2, 0.25) is 0 Å². The van der Waals surface area contributed by atoms with Crippen LogP contribution in [0.5, 0.6) is 0 Å². The monoisotopic (exact) mass is 297 g/mol. The lowest BCUT2D eigenvalue weighted by atomic mass is 10.1. The van der Waals surface area contributed by atoms with Gasteiger partial charge in [0.2, 0.25) is 5.91 Å². The summed E-state index contributed by atoms with van der Waals surface area (Å²) in [6, 6.07) is 9.13. The maximum atomic E-state index is 12.2. The maximum Gasteiger partial charge on any atom is 0.267 e. The number of nitrogens with zero attached hydrogens (tertiary/aromatic N) is 2. The van der Waals surface area contributed by atoms with Gasteiger partial charge in [-0.3, -0.25) is 9.59 Å². The van der Waals surface area contributed by atoms with Gasteiger partial charge in [-0.25, -0.2) is 4.68 Å². The normalized spacial score (nSPS) is 13.9. The van der Waals surface area contributed by atoms with Crippen LogP contribution in [0.3, 0.4) is 0 Å². The highest BCUT2D eigenvalue weighted by Gasteiger charge is 2.25. The molecule has 1 N–H and O–H groups in total. The molecule has 2 aromatic rings. The summed E-state index contributed by atoms with van der Waals surface area (Å²) in [7, 11) is 0. The van der Waals surface area contributed by atoms with Crippen molar-refractivity contribution in [1.82, 2.24) is 9.78 Å².